The molecule has 3 N–H and O–H groups in total. The highest BCUT2D eigenvalue weighted by Gasteiger charge is 2.23. The predicted molar refractivity (Wildman–Crippen MR) is 80.3 cm³/mol. The SMILES string of the molecule is CCCCC(NC(=O)C(C)NC(=O)c1cccs1)C(=O)O. The largest absolute Gasteiger partial charge is 0.480 e. The fraction of sp³-hybridized carbons (Fsp3) is 0.500. The molecule has 1 heterocycles. The average molecular weight is 312 g/mol. The quantitative estimate of drug-likeness (QED) is 0.680. The van der Waals surface area contributed by atoms with Crippen LogP contribution in [0.1, 0.15) is 42.8 Å². The van der Waals surface area contributed by atoms with Crippen molar-refractivity contribution in [2.75, 3.05) is 0 Å². The van der Waals surface area contributed by atoms with Crippen molar-refractivity contribution >= 4 is 29.1 Å². The Hall–Kier alpha value is -1.89. The van der Waals surface area contributed by atoms with Crippen LogP contribution in [0.5, 0.6) is 0 Å². The first-order valence-corrected chi connectivity index (χ1v) is 7.71. The molecule has 0 aliphatic carbocycles. The van der Waals surface area contributed by atoms with E-state index in [1.165, 1.54) is 18.3 Å². The molecule has 0 saturated heterocycles. The summed E-state index contributed by atoms with van der Waals surface area (Å²) in [5.41, 5.74) is 0. The Morgan fingerprint density at radius 1 is 1.33 bits per heavy atom. The third kappa shape index (κ3) is 5.55. The van der Waals surface area contributed by atoms with Crippen molar-refractivity contribution in [3.63, 3.8) is 0 Å². The summed E-state index contributed by atoms with van der Waals surface area (Å²) < 4.78 is 0. The third-order valence-corrected chi connectivity index (χ3v) is 3.82. The second kappa shape index (κ2) is 8.41. The van der Waals surface area contributed by atoms with E-state index in [0.717, 1.165) is 6.42 Å². The van der Waals surface area contributed by atoms with Crippen molar-refractivity contribution in [1.82, 2.24) is 10.6 Å². The molecule has 116 valence electrons. The van der Waals surface area contributed by atoms with E-state index in [1.807, 2.05) is 6.92 Å². The number of nitrogens with one attached hydrogen (secondary N) is 2. The molecule has 2 atom stereocenters. The third-order valence-electron chi connectivity index (χ3n) is 2.95. The highest BCUT2D eigenvalue weighted by molar-refractivity contribution is 7.12. The standard InChI is InChI=1S/C14H20N2O4S/c1-3-4-6-10(14(19)20)16-12(17)9(2)15-13(18)11-7-5-8-21-11/h5,7-10H,3-4,6H2,1-2H3,(H,15,18)(H,16,17)(H,19,20). The van der Waals surface area contributed by atoms with Crippen LogP contribution in [0.25, 0.3) is 0 Å². The number of rotatable bonds is 8. The van der Waals surface area contributed by atoms with Crippen LogP contribution in [-0.4, -0.2) is 35.0 Å². The minimum Gasteiger partial charge on any atom is -0.480 e. The zero-order valence-corrected chi connectivity index (χ0v) is 12.9. The molecule has 1 aromatic heterocycles. The van der Waals surface area contributed by atoms with Gasteiger partial charge in [-0.15, -0.1) is 11.3 Å². The summed E-state index contributed by atoms with van der Waals surface area (Å²) in [6.45, 7) is 3.48. The number of hydrogen-bond acceptors (Lipinski definition) is 4. The van der Waals surface area contributed by atoms with Crippen LogP contribution in [0, 0.1) is 0 Å². The Balaban J connectivity index is 2.52. The predicted octanol–water partition coefficient (Wildman–Crippen LogP) is 1.63. The molecule has 1 aromatic rings. The second-order valence-electron chi connectivity index (χ2n) is 4.71. The van der Waals surface area contributed by atoms with Crippen LogP contribution in [0.2, 0.25) is 0 Å². The van der Waals surface area contributed by atoms with Crippen molar-refractivity contribution in [1.29, 1.82) is 0 Å². The van der Waals surface area contributed by atoms with Gasteiger partial charge in [0, 0.05) is 0 Å². The fourth-order valence-corrected chi connectivity index (χ4v) is 2.33. The van der Waals surface area contributed by atoms with Crippen LogP contribution >= 0.6 is 11.3 Å². The van der Waals surface area contributed by atoms with Crippen molar-refractivity contribution < 1.29 is 19.5 Å². The average Bonchev–Trinajstić information content (AvgIpc) is 2.96. The Morgan fingerprint density at radius 3 is 2.57 bits per heavy atom. The summed E-state index contributed by atoms with van der Waals surface area (Å²) in [6, 6.07) is 1.70. The Morgan fingerprint density at radius 2 is 2.05 bits per heavy atom. The maximum atomic E-state index is 11.9. The first kappa shape index (κ1) is 17.2. The van der Waals surface area contributed by atoms with E-state index < -0.39 is 24.0 Å². The molecule has 0 radical (unpaired) electrons. The summed E-state index contributed by atoms with van der Waals surface area (Å²) in [7, 11) is 0. The first-order chi connectivity index (χ1) is 9.95. The van der Waals surface area contributed by atoms with Crippen molar-refractivity contribution in [2.24, 2.45) is 0 Å². The maximum absolute atomic E-state index is 11.9. The number of carboxylic acids is 1. The van der Waals surface area contributed by atoms with Gasteiger partial charge in [-0.05, 0) is 24.8 Å². The van der Waals surface area contributed by atoms with E-state index in [4.69, 9.17) is 5.11 Å². The highest BCUT2D eigenvalue weighted by atomic mass is 32.1. The van der Waals surface area contributed by atoms with Gasteiger partial charge in [-0.25, -0.2) is 4.79 Å². The lowest BCUT2D eigenvalue weighted by molar-refractivity contribution is -0.142. The molecule has 2 unspecified atom stereocenters. The number of carboxylic acid groups (broad SMARTS) is 1. The van der Waals surface area contributed by atoms with Gasteiger partial charge in [-0.1, -0.05) is 25.8 Å². The Labute approximate surface area is 127 Å². The van der Waals surface area contributed by atoms with Crippen LogP contribution in [0.4, 0.5) is 0 Å². The van der Waals surface area contributed by atoms with Gasteiger partial charge in [0.2, 0.25) is 5.91 Å². The minimum absolute atomic E-state index is 0.340. The van der Waals surface area contributed by atoms with Gasteiger partial charge in [0.05, 0.1) is 4.88 Å². The number of amides is 2. The van der Waals surface area contributed by atoms with Gasteiger partial charge in [0.15, 0.2) is 0 Å². The Kier molecular flexibility index (Phi) is 6.87. The summed E-state index contributed by atoms with van der Waals surface area (Å²) in [5, 5.41) is 15.8. The van der Waals surface area contributed by atoms with E-state index in [2.05, 4.69) is 10.6 Å². The van der Waals surface area contributed by atoms with E-state index in [9.17, 15) is 14.4 Å². The highest BCUT2D eigenvalue weighted by Crippen LogP contribution is 2.08. The zero-order valence-electron chi connectivity index (χ0n) is 12.1. The molecular weight excluding hydrogens is 292 g/mol. The number of unbranched alkanes of at least 4 members (excludes halogenated alkanes) is 1. The maximum Gasteiger partial charge on any atom is 0.326 e. The summed E-state index contributed by atoms with van der Waals surface area (Å²) in [4.78, 5) is 35.3. The molecule has 21 heavy (non-hydrogen) atoms. The van der Waals surface area contributed by atoms with Crippen LogP contribution in [0.15, 0.2) is 17.5 Å². The number of aliphatic carboxylic acids is 1. The molecule has 1 rings (SSSR count). The zero-order chi connectivity index (χ0) is 15.8. The molecule has 7 heteroatoms. The lowest BCUT2D eigenvalue weighted by Crippen LogP contribution is -2.50. The molecule has 0 spiro atoms. The second-order valence-corrected chi connectivity index (χ2v) is 5.66. The molecule has 0 aliphatic heterocycles. The van der Waals surface area contributed by atoms with Crippen LogP contribution < -0.4 is 10.6 Å². The van der Waals surface area contributed by atoms with Gasteiger partial charge in [0.1, 0.15) is 12.1 Å². The molecule has 0 bridgehead atoms. The van der Waals surface area contributed by atoms with Crippen molar-refractivity contribution in [3.05, 3.63) is 22.4 Å². The smallest absolute Gasteiger partial charge is 0.326 e. The molecule has 0 aromatic carbocycles. The first-order valence-electron chi connectivity index (χ1n) is 6.83. The van der Waals surface area contributed by atoms with Gasteiger partial charge in [-0.2, -0.15) is 0 Å². The molecule has 0 fully saturated rings. The minimum atomic E-state index is -1.06. The lowest BCUT2D eigenvalue weighted by atomic mass is 10.1. The van der Waals surface area contributed by atoms with E-state index >= 15 is 0 Å². The fourth-order valence-electron chi connectivity index (χ4n) is 1.70. The van der Waals surface area contributed by atoms with Crippen molar-refractivity contribution in [2.45, 2.75) is 45.2 Å². The molecule has 6 nitrogen and oxygen atoms in total. The summed E-state index contributed by atoms with van der Waals surface area (Å²) in [5.74, 6) is -1.90. The van der Waals surface area contributed by atoms with Gasteiger partial charge < -0.3 is 15.7 Å². The summed E-state index contributed by atoms with van der Waals surface area (Å²) >= 11 is 1.28. The van der Waals surface area contributed by atoms with E-state index in [1.54, 1.807) is 17.5 Å². The van der Waals surface area contributed by atoms with Crippen LogP contribution in [0.3, 0.4) is 0 Å². The monoisotopic (exact) mass is 312 g/mol. The number of carbonyl (C=O) groups is 3. The van der Waals surface area contributed by atoms with Gasteiger partial charge in [0.25, 0.3) is 5.91 Å². The number of hydrogen-bond donors (Lipinski definition) is 3. The van der Waals surface area contributed by atoms with Crippen LogP contribution in [-0.2, 0) is 9.59 Å². The number of carbonyl (C=O) groups excluding carboxylic acids is 2. The van der Waals surface area contributed by atoms with Gasteiger partial charge >= 0.3 is 5.97 Å². The normalized spacial score (nSPS) is 13.2. The van der Waals surface area contributed by atoms with E-state index in [-0.39, 0.29) is 5.91 Å². The topological polar surface area (TPSA) is 95.5 Å². The van der Waals surface area contributed by atoms with Gasteiger partial charge in [-0.3, -0.25) is 9.59 Å². The molecule has 2 amide bonds. The number of thiophene rings is 1. The lowest BCUT2D eigenvalue weighted by Gasteiger charge is -2.18. The molecule has 0 saturated carbocycles. The summed E-state index contributed by atoms with van der Waals surface area (Å²) in [6.07, 6.45) is 1.95. The Bertz CT molecular complexity index is 487. The van der Waals surface area contributed by atoms with Crippen molar-refractivity contribution in [3.8, 4) is 0 Å². The molecule has 0 aliphatic rings. The van der Waals surface area contributed by atoms with E-state index in [0.29, 0.717) is 17.7 Å². The molecular formula is C14H20N2O4S.